The lowest BCUT2D eigenvalue weighted by molar-refractivity contribution is 0.0379. The van der Waals surface area contributed by atoms with E-state index in [-0.39, 0.29) is 6.42 Å². The Kier molecular flexibility index (Phi) is 3.41. The molecule has 1 unspecified atom stereocenters. The van der Waals surface area contributed by atoms with Crippen LogP contribution in [0, 0.1) is 11.6 Å². The van der Waals surface area contributed by atoms with Crippen LogP contribution in [0.4, 0.5) is 8.78 Å². The molecule has 2 nitrogen and oxygen atoms in total. The van der Waals surface area contributed by atoms with E-state index in [1.165, 1.54) is 12.1 Å². The van der Waals surface area contributed by atoms with Gasteiger partial charge in [-0.25, -0.2) is 8.78 Å². The van der Waals surface area contributed by atoms with Crippen LogP contribution in [-0.4, -0.2) is 12.2 Å². The van der Waals surface area contributed by atoms with E-state index in [0.29, 0.717) is 17.7 Å². The van der Waals surface area contributed by atoms with E-state index in [4.69, 9.17) is 4.74 Å². The number of hydrogen-bond donors (Lipinski definition) is 1. The summed E-state index contributed by atoms with van der Waals surface area (Å²) in [6.45, 7) is 0. The zero-order valence-corrected chi connectivity index (χ0v) is 11.7. The van der Waals surface area contributed by atoms with Gasteiger partial charge in [0.15, 0.2) is 0 Å². The second-order valence-electron chi connectivity index (χ2n) is 5.47. The van der Waals surface area contributed by atoms with Crippen molar-refractivity contribution in [2.45, 2.75) is 24.9 Å². The first kappa shape index (κ1) is 14.0. The van der Waals surface area contributed by atoms with E-state index in [0.717, 1.165) is 23.6 Å². The van der Waals surface area contributed by atoms with E-state index in [1.807, 2.05) is 12.1 Å². The third-order valence-corrected chi connectivity index (χ3v) is 4.12. The molecule has 0 spiro atoms. The standard InChI is InChI=1S/C17H16F2O2/c1-21-14-5-3-11-6-7-17(20,15(11)9-14)10-12-2-4-13(18)8-16(12)19/h2-5,8-9,20H,6-7,10H2,1H3. The predicted molar refractivity (Wildman–Crippen MR) is 75.3 cm³/mol. The van der Waals surface area contributed by atoms with Crippen LogP contribution in [0.3, 0.4) is 0 Å². The lowest BCUT2D eigenvalue weighted by atomic mass is 9.88. The fourth-order valence-corrected chi connectivity index (χ4v) is 2.97. The number of ether oxygens (including phenoxy) is 1. The molecule has 1 N–H and O–H groups in total. The zero-order valence-electron chi connectivity index (χ0n) is 11.7. The minimum absolute atomic E-state index is 0.124. The van der Waals surface area contributed by atoms with Crippen molar-refractivity contribution in [3.05, 3.63) is 64.7 Å². The van der Waals surface area contributed by atoms with Gasteiger partial charge in [0.25, 0.3) is 0 Å². The highest BCUT2D eigenvalue weighted by Crippen LogP contribution is 2.41. The monoisotopic (exact) mass is 290 g/mol. The molecule has 1 atom stereocenters. The highest BCUT2D eigenvalue weighted by Gasteiger charge is 2.37. The number of aryl methyl sites for hydroxylation is 1. The number of hydrogen-bond acceptors (Lipinski definition) is 2. The van der Waals surface area contributed by atoms with Crippen molar-refractivity contribution < 1.29 is 18.6 Å². The van der Waals surface area contributed by atoms with Gasteiger partial charge in [-0.2, -0.15) is 0 Å². The van der Waals surface area contributed by atoms with Crippen molar-refractivity contribution in [3.8, 4) is 5.75 Å². The van der Waals surface area contributed by atoms with Crippen molar-refractivity contribution in [1.29, 1.82) is 0 Å². The zero-order chi connectivity index (χ0) is 15.0. The van der Waals surface area contributed by atoms with Gasteiger partial charge < -0.3 is 9.84 Å². The summed E-state index contributed by atoms with van der Waals surface area (Å²) in [4.78, 5) is 0. The molecule has 0 amide bonds. The van der Waals surface area contributed by atoms with E-state index >= 15 is 0 Å². The lowest BCUT2D eigenvalue weighted by Gasteiger charge is -2.25. The Balaban J connectivity index is 1.96. The molecule has 2 aromatic rings. The highest BCUT2D eigenvalue weighted by molar-refractivity contribution is 5.44. The van der Waals surface area contributed by atoms with Crippen LogP contribution in [0.2, 0.25) is 0 Å². The van der Waals surface area contributed by atoms with E-state index < -0.39 is 17.2 Å². The smallest absolute Gasteiger partial charge is 0.129 e. The largest absolute Gasteiger partial charge is 0.497 e. The first-order chi connectivity index (χ1) is 10.0. The quantitative estimate of drug-likeness (QED) is 0.939. The number of rotatable bonds is 3. The van der Waals surface area contributed by atoms with E-state index in [1.54, 1.807) is 13.2 Å². The Bertz CT molecular complexity index is 684. The third kappa shape index (κ3) is 2.51. The molecular formula is C17H16F2O2. The van der Waals surface area contributed by atoms with Crippen LogP contribution in [0.25, 0.3) is 0 Å². The van der Waals surface area contributed by atoms with Gasteiger partial charge in [-0.3, -0.25) is 0 Å². The third-order valence-electron chi connectivity index (χ3n) is 4.12. The first-order valence-electron chi connectivity index (χ1n) is 6.85. The molecule has 0 bridgehead atoms. The van der Waals surface area contributed by atoms with Gasteiger partial charge in [-0.05, 0) is 47.7 Å². The van der Waals surface area contributed by atoms with Gasteiger partial charge in [0.2, 0.25) is 0 Å². The SMILES string of the molecule is COc1ccc2c(c1)C(O)(Cc1ccc(F)cc1F)CC2. The number of aliphatic hydroxyl groups is 1. The Labute approximate surface area is 122 Å². The normalized spacial score (nSPS) is 20.4. The van der Waals surface area contributed by atoms with Crippen LogP contribution >= 0.6 is 0 Å². The number of methoxy groups -OCH3 is 1. The molecule has 1 aliphatic carbocycles. The second-order valence-corrected chi connectivity index (χ2v) is 5.47. The van der Waals surface area contributed by atoms with Gasteiger partial charge in [0, 0.05) is 12.5 Å². The summed E-state index contributed by atoms with van der Waals surface area (Å²) in [5.41, 5.74) is 0.990. The topological polar surface area (TPSA) is 29.5 Å². The fraction of sp³-hybridized carbons (Fsp3) is 0.294. The molecule has 1 aliphatic rings. The van der Waals surface area contributed by atoms with Gasteiger partial charge in [0.1, 0.15) is 17.4 Å². The minimum atomic E-state index is -1.14. The Morgan fingerprint density at radius 3 is 2.71 bits per heavy atom. The van der Waals surface area contributed by atoms with Gasteiger partial charge in [0.05, 0.1) is 12.7 Å². The summed E-state index contributed by atoms with van der Waals surface area (Å²) in [7, 11) is 1.56. The maximum Gasteiger partial charge on any atom is 0.129 e. The van der Waals surface area contributed by atoms with Crippen LogP contribution in [0.5, 0.6) is 5.75 Å². The maximum atomic E-state index is 13.8. The number of benzene rings is 2. The molecule has 0 heterocycles. The molecule has 21 heavy (non-hydrogen) atoms. The first-order valence-corrected chi connectivity index (χ1v) is 6.85. The van der Waals surface area contributed by atoms with Crippen molar-refractivity contribution in [2.75, 3.05) is 7.11 Å². The van der Waals surface area contributed by atoms with Gasteiger partial charge in [-0.1, -0.05) is 12.1 Å². The number of fused-ring (bicyclic) bond motifs is 1. The summed E-state index contributed by atoms with van der Waals surface area (Å²) in [6.07, 6.45) is 1.38. The van der Waals surface area contributed by atoms with E-state index in [9.17, 15) is 13.9 Å². The van der Waals surface area contributed by atoms with E-state index in [2.05, 4.69) is 0 Å². The highest BCUT2D eigenvalue weighted by atomic mass is 19.1. The van der Waals surface area contributed by atoms with Crippen LogP contribution < -0.4 is 4.74 Å². The van der Waals surface area contributed by atoms with Gasteiger partial charge >= 0.3 is 0 Å². The Hall–Kier alpha value is -1.94. The molecule has 0 aromatic heterocycles. The molecule has 3 rings (SSSR count). The lowest BCUT2D eigenvalue weighted by Crippen LogP contribution is -2.26. The van der Waals surface area contributed by atoms with Crippen LogP contribution in [-0.2, 0) is 18.4 Å². The van der Waals surface area contributed by atoms with Crippen molar-refractivity contribution in [2.24, 2.45) is 0 Å². The van der Waals surface area contributed by atoms with Crippen molar-refractivity contribution in [3.63, 3.8) is 0 Å². The van der Waals surface area contributed by atoms with Crippen LogP contribution in [0.15, 0.2) is 36.4 Å². The molecule has 0 aliphatic heterocycles. The summed E-state index contributed by atoms with van der Waals surface area (Å²) < 4.78 is 32.0. The number of halogens is 2. The van der Waals surface area contributed by atoms with Crippen molar-refractivity contribution in [1.82, 2.24) is 0 Å². The molecule has 2 aromatic carbocycles. The van der Waals surface area contributed by atoms with Crippen molar-refractivity contribution >= 4 is 0 Å². The minimum Gasteiger partial charge on any atom is -0.497 e. The molecular weight excluding hydrogens is 274 g/mol. The maximum absolute atomic E-state index is 13.8. The summed E-state index contributed by atoms with van der Waals surface area (Å²) in [5.74, 6) is -0.579. The molecule has 4 heteroatoms. The summed E-state index contributed by atoms with van der Waals surface area (Å²) in [6, 6.07) is 9.02. The molecule has 0 saturated carbocycles. The second kappa shape index (κ2) is 5.11. The average molecular weight is 290 g/mol. The molecule has 110 valence electrons. The molecule has 0 fully saturated rings. The summed E-state index contributed by atoms with van der Waals surface area (Å²) in [5, 5.41) is 10.9. The Morgan fingerprint density at radius 2 is 2.00 bits per heavy atom. The summed E-state index contributed by atoms with van der Waals surface area (Å²) >= 11 is 0. The fourth-order valence-electron chi connectivity index (χ4n) is 2.97. The molecule has 0 saturated heterocycles. The predicted octanol–water partition coefficient (Wildman–Crippen LogP) is 3.35. The van der Waals surface area contributed by atoms with Gasteiger partial charge in [-0.15, -0.1) is 0 Å². The molecule has 0 radical (unpaired) electrons. The Morgan fingerprint density at radius 1 is 1.19 bits per heavy atom. The average Bonchev–Trinajstić information content (AvgIpc) is 2.79. The van der Waals surface area contributed by atoms with Crippen LogP contribution in [0.1, 0.15) is 23.1 Å².